The van der Waals surface area contributed by atoms with Gasteiger partial charge in [-0.2, -0.15) is 0 Å². The van der Waals surface area contributed by atoms with Crippen molar-refractivity contribution in [1.82, 2.24) is 5.32 Å². The molecule has 0 aromatic heterocycles. The highest BCUT2D eigenvalue weighted by molar-refractivity contribution is 5.75. The summed E-state index contributed by atoms with van der Waals surface area (Å²) < 4.78 is 6.00. The van der Waals surface area contributed by atoms with Crippen LogP contribution in [0.15, 0.2) is 59.2 Å². The number of nitrogens with one attached hydrogen (secondary N) is 1. The van der Waals surface area contributed by atoms with Gasteiger partial charge in [0.05, 0.1) is 0 Å². The zero-order valence-corrected chi connectivity index (χ0v) is 20.9. The van der Waals surface area contributed by atoms with Gasteiger partial charge in [-0.05, 0) is 102 Å². The molecule has 1 aromatic carbocycles. The molecule has 1 aliphatic rings. The minimum atomic E-state index is 0.173. The Labute approximate surface area is 196 Å². The van der Waals surface area contributed by atoms with Gasteiger partial charge in [0, 0.05) is 13.0 Å². The summed E-state index contributed by atoms with van der Waals surface area (Å²) >= 11 is 0. The van der Waals surface area contributed by atoms with Crippen molar-refractivity contribution in [3.8, 4) is 5.75 Å². The highest BCUT2D eigenvalue weighted by Crippen LogP contribution is 2.47. The van der Waals surface area contributed by atoms with Crippen LogP contribution in [0.2, 0.25) is 0 Å². The number of benzene rings is 1. The van der Waals surface area contributed by atoms with E-state index in [9.17, 15) is 4.79 Å². The molecule has 0 spiro atoms. The number of ether oxygens (including phenoxy) is 1. The first-order valence-corrected chi connectivity index (χ1v) is 12.3. The van der Waals surface area contributed by atoms with E-state index in [4.69, 9.17) is 4.74 Å². The average molecular weight is 438 g/mol. The molecule has 2 atom stereocenters. The Morgan fingerprint density at radius 2 is 1.75 bits per heavy atom. The highest BCUT2D eigenvalue weighted by atomic mass is 16.5. The van der Waals surface area contributed by atoms with Crippen LogP contribution in [-0.2, 0) is 4.79 Å². The van der Waals surface area contributed by atoms with Crippen molar-refractivity contribution in [1.29, 1.82) is 0 Å². The summed E-state index contributed by atoms with van der Waals surface area (Å²) in [6.07, 6.45) is 14.0. The maximum absolute atomic E-state index is 11.7. The van der Waals surface area contributed by atoms with Crippen LogP contribution in [0.5, 0.6) is 5.75 Å². The average Bonchev–Trinajstić information content (AvgIpc) is 3.52. The number of carbonyl (C=O) groups excluding carboxylic acids is 1. The molecule has 0 heterocycles. The largest absolute Gasteiger partial charge is 0.490 e. The van der Waals surface area contributed by atoms with Gasteiger partial charge < -0.3 is 10.1 Å². The lowest BCUT2D eigenvalue weighted by molar-refractivity contribution is -0.121. The molecule has 0 bridgehead atoms. The Morgan fingerprint density at radius 3 is 2.47 bits per heavy atom. The van der Waals surface area contributed by atoms with Gasteiger partial charge in [-0.3, -0.25) is 4.79 Å². The van der Waals surface area contributed by atoms with E-state index in [2.05, 4.69) is 69.4 Å². The maximum atomic E-state index is 11.7. The van der Waals surface area contributed by atoms with E-state index < -0.39 is 0 Å². The standard InChI is InChI=1S/C29H43NO2/c1-6-10-29(31)30-21-26-20-28(26)25-15-9-16-27(19-25)32-18-17-24(5)14-8-13-23(4)12-7-11-22(2)3/h9,11,13,15-17,19,26,28H,6-8,10,12,14,18,20-21H2,1-5H3,(H,30,31)/t26-,28-/m0/s1. The summed E-state index contributed by atoms with van der Waals surface area (Å²) in [6.45, 7) is 12.2. The van der Waals surface area contributed by atoms with Crippen molar-refractivity contribution in [3.05, 3.63) is 64.8 Å². The molecule has 176 valence electrons. The van der Waals surface area contributed by atoms with E-state index in [1.807, 2.05) is 13.0 Å². The fourth-order valence-corrected chi connectivity index (χ4v) is 3.90. The molecule has 1 amide bonds. The fourth-order valence-electron chi connectivity index (χ4n) is 3.90. The lowest BCUT2D eigenvalue weighted by atomic mass is 10.1. The molecule has 1 N–H and O–H groups in total. The third kappa shape index (κ3) is 10.3. The van der Waals surface area contributed by atoms with E-state index in [1.54, 1.807) is 0 Å². The Balaban J connectivity index is 1.70. The second-order valence-corrected chi connectivity index (χ2v) is 9.50. The van der Waals surface area contributed by atoms with Crippen molar-refractivity contribution in [2.45, 2.75) is 85.5 Å². The predicted octanol–water partition coefficient (Wildman–Crippen LogP) is 7.50. The third-order valence-corrected chi connectivity index (χ3v) is 6.05. The number of allylic oxidation sites excluding steroid dienone is 5. The van der Waals surface area contributed by atoms with E-state index in [-0.39, 0.29) is 5.91 Å². The first-order chi connectivity index (χ1) is 15.4. The second-order valence-electron chi connectivity index (χ2n) is 9.50. The van der Waals surface area contributed by atoms with Crippen LogP contribution < -0.4 is 10.1 Å². The van der Waals surface area contributed by atoms with Crippen molar-refractivity contribution in [2.24, 2.45) is 5.92 Å². The molecule has 32 heavy (non-hydrogen) atoms. The number of amides is 1. The normalized spacial score (nSPS) is 18.3. The summed E-state index contributed by atoms with van der Waals surface area (Å²) in [5, 5.41) is 3.06. The fraction of sp³-hybridized carbons (Fsp3) is 0.552. The van der Waals surface area contributed by atoms with E-state index >= 15 is 0 Å². The summed E-state index contributed by atoms with van der Waals surface area (Å²) in [5.41, 5.74) is 5.58. The zero-order chi connectivity index (χ0) is 23.3. The first kappa shape index (κ1) is 26.0. The third-order valence-electron chi connectivity index (χ3n) is 6.05. The van der Waals surface area contributed by atoms with Gasteiger partial charge in [0.2, 0.25) is 5.91 Å². The van der Waals surface area contributed by atoms with Gasteiger partial charge in [-0.1, -0.05) is 47.9 Å². The van der Waals surface area contributed by atoms with Crippen molar-refractivity contribution >= 4 is 5.91 Å². The molecule has 0 aliphatic heterocycles. The molecule has 1 aliphatic carbocycles. The predicted molar refractivity (Wildman–Crippen MR) is 136 cm³/mol. The molecule has 1 fully saturated rings. The smallest absolute Gasteiger partial charge is 0.219 e. The van der Waals surface area contributed by atoms with Gasteiger partial charge in [0.25, 0.3) is 0 Å². The van der Waals surface area contributed by atoms with E-state index in [1.165, 1.54) is 22.3 Å². The Kier molecular flexibility index (Phi) is 11.3. The zero-order valence-electron chi connectivity index (χ0n) is 20.9. The number of rotatable bonds is 14. The number of carbonyl (C=O) groups is 1. The molecular weight excluding hydrogens is 394 g/mol. The molecule has 2 rings (SSSR count). The van der Waals surface area contributed by atoms with Crippen molar-refractivity contribution in [3.63, 3.8) is 0 Å². The van der Waals surface area contributed by atoms with Crippen LogP contribution >= 0.6 is 0 Å². The van der Waals surface area contributed by atoms with Crippen LogP contribution in [0.4, 0.5) is 0 Å². The molecule has 1 aromatic rings. The van der Waals surface area contributed by atoms with Crippen molar-refractivity contribution < 1.29 is 9.53 Å². The van der Waals surface area contributed by atoms with Crippen molar-refractivity contribution in [2.75, 3.05) is 13.2 Å². The quantitative estimate of drug-likeness (QED) is 0.306. The second kappa shape index (κ2) is 14.0. The minimum Gasteiger partial charge on any atom is -0.490 e. The Morgan fingerprint density at radius 1 is 1.03 bits per heavy atom. The lowest BCUT2D eigenvalue weighted by Gasteiger charge is -2.08. The Hall–Kier alpha value is -2.29. The highest BCUT2D eigenvalue weighted by Gasteiger charge is 2.38. The van der Waals surface area contributed by atoms with Gasteiger partial charge >= 0.3 is 0 Å². The lowest BCUT2D eigenvalue weighted by Crippen LogP contribution is -2.25. The van der Waals surface area contributed by atoms with Crippen LogP contribution in [0.1, 0.15) is 91.0 Å². The summed E-state index contributed by atoms with van der Waals surface area (Å²) in [6, 6.07) is 8.46. The first-order valence-electron chi connectivity index (χ1n) is 12.3. The topological polar surface area (TPSA) is 38.3 Å². The maximum Gasteiger partial charge on any atom is 0.219 e. The summed E-state index contributed by atoms with van der Waals surface area (Å²) in [7, 11) is 0. The molecule has 3 heteroatoms. The molecule has 1 saturated carbocycles. The molecule has 0 unspecified atom stereocenters. The van der Waals surface area contributed by atoms with E-state index in [0.29, 0.717) is 24.9 Å². The minimum absolute atomic E-state index is 0.173. The van der Waals surface area contributed by atoms with Crippen LogP contribution in [-0.4, -0.2) is 19.1 Å². The molecular formula is C29H43NO2. The van der Waals surface area contributed by atoms with Gasteiger partial charge in [-0.25, -0.2) is 0 Å². The monoisotopic (exact) mass is 437 g/mol. The summed E-state index contributed by atoms with van der Waals surface area (Å²) in [5.74, 6) is 2.21. The van der Waals surface area contributed by atoms with Crippen LogP contribution in [0.3, 0.4) is 0 Å². The SMILES string of the molecule is CCCC(=O)NC[C@@H]1C[C@H]1c1cccc(OCC=C(C)CCC=C(C)CCC=C(C)C)c1. The van der Waals surface area contributed by atoms with Crippen LogP contribution in [0.25, 0.3) is 0 Å². The van der Waals surface area contributed by atoms with E-state index in [0.717, 1.165) is 50.8 Å². The van der Waals surface area contributed by atoms with Gasteiger partial charge in [0.15, 0.2) is 0 Å². The van der Waals surface area contributed by atoms with Gasteiger partial charge in [0.1, 0.15) is 12.4 Å². The van der Waals surface area contributed by atoms with Crippen LogP contribution in [0, 0.1) is 5.92 Å². The molecule has 3 nitrogen and oxygen atoms in total. The molecule has 0 radical (unpaired) electrons. The van der Waals surface area contributed by atoms with Gasteiger partial charge in [-0.15, -0.1) is 0 Å². The number of hydrogen-bond donors (Lipinski definition) is 1. The Bertz CT molecular complexity index is 814. The number of hydrogen-bond acceptors (Lipinski definition) is 2. The summed E-state index contributed by atoms with van der Waals surface area (Å²) in [4.78, 5) is 11.7. The molecule has 0 saturated heterocycles.